The Kier molecular flexibility index (Phi) is 6.70. The third-order valence-corrected chi connectivity index (χ3v) is 6.11. The molecule has 0 atom stereocenters. The minimum atomic E-state index is -0.0161. The molecule has 0 radical (unpaired) electrons. The summed E-state index contributed by atoms with van der Waals surface area (Å²) in [5, 5.41) is 0. The normalized spacial score (nSPS) is 25.7. The number of rotatable bonds is 7. The van der Waals surface area contributed by atoms with Gasteiger partial charge in [0, 0.05) is 38.8 Å². The van der Waals surface area contributed by atoms with Crippen molar-refractivity contribution < 1.29 is 9.47 Å². The SMILES string of the molecule is CC(C)(C)OC1CCN(CCC(C)(C)OC2CCN(C3CC3)CC2)CC1. The van der Waals surface area contributed by atoms with Crippen LogP contribution in [0, 0.1) is 0 Å². The fourth-order valence-corrected chi connectivity index (χ4v) is 4.49. The van der Waals surface area contributed by atoms with Gasteiger partial charge in [0.2, 0.25) is 0 Å². The molecule has 0 N–H and O–H groups in total. The molecule has 2 aliphatic heterocycles. The van der Waals surface area contributed by atoms with E-state index in [-0.39, 0.29) is 11.2 Å². The summed E-state index contributed by atoms with van der Waals surface area (Å²) in [5.41, 5.74) is -0.0249. The zero-order chi connectivity index (χ0) is 18.8. The van der Waals surface area contributed by atoms with E-state index in [1.807, 2.05) is 0 Å². The average Bonchev–Trinajstić information content (AvgIpc) is 3.38. The summed E-state index contributed by atoms with van der Waals surface area (Å²) in [4.78, 5) is 5.28. The number of hydrogen-bond acceptors (Lipinski definition) is 4. The number of piperidine rings is 2. The van der Waals surface area contributed by atoms with Crippen molar-refractivity contribution in [1.29, 1.82) is 0 Å². The van der Waals surface area contributed by atoms with Crippen molar-refractivity contribution in [2.75, 3.05) is 32.7 Å². The zero-order valence-corrected chi connectivity index (χ0v) is 17.9. The second kappa shape index (κ2) is 8.46. The van der Waals surface area contributed by atoms with Gasteiger partial charge in [0.1, 0.15) is 0 Å². The second-order valence-electron chi connectivity index (χ2n) is 10.4. The fourth-order valence-electron chi connectivity index (χ4n) is 4.49. The Bertz CT molecular complexity index is 426. The van der Waals surface area contributed by atoms with E-state index in [2.05, 4.69) is 44.4 Å². The molecule has 3 rings (SSSR count). The lowest BCUT2D eigenvalue weighted by atomic mass is 10.00. The molecule has 3 aliphatic rings. The molecule has 26 heavy (non-hydrogen) atoms. The van der Waals surface area contributed by atoms with E-state index >= 15 is 0 Å². The molecule has 1 saturated carbocycles. The van der Waals surface area contributed by atoms with Gasteiger partial charge in [-0.3, -0.25) is 0 Å². The minimum absolute atomic E-state index is 0.00875. The Balaban J connectivity index is 1.32. The van der Waals surface area contributed by atoms with Gasteiger partial charge in [-0.1, -0.05) is 0 Å². The van der Waals surface area contributed by atoms with Crippen LogP contribution in [0.1, 0.15) is 79.6 Å². The van der Waals surface area contributed by atoms with Gasteiger partial charge < -0.3 is 19.3 Å². The van der Waals surface area contributed by atoms with Gasteiger partial charge in [0.25, 0.3) is 0 Å². The van der Waals surface area contributed by atoms with E-state index < -0.39 is 0 Å². The van der Waals surface area contributed by atoms with E-state index in [9.17, 15) is 0 Å². The monoisotopic (exact) mass is 366 g/mol. The van der Waals surface area contributed by atoms with E-state index in [0.717, 1.165) is 44.9 Å². The van der Waals surface area contributed by atoms with E-state index in [0.29, 0.717) is 12.2 Å². The second-order valence-corrected chi connectivity index (χ2v) is 10.4. The molecular weight excluding hydrogens is 324 g/mol. The molecule has 4 heteroatoms. The highest BCUT2D eigenvalue weighted by atomic mass is 16.5. The molecule has 0 aromatic rings. The van der Waals surface area contributed by atoms with Crippen LogP contribution >= 0.6 is 0 Å². The summed E-state index contributed by atoms with van der Waals surface area (Å²) in [6, 6.07) is 0.911. The van der Waals surface area contributed by atoms with Crippen LogP contribution in [-0.4, -0.2) is 72.0 Å². The minimum Gasteiger partial charge on any atom is -0.373 e. The number of nitrogens with zero attached hydrogens (tertiary/aromatic N) is 2. The van der Waals surface area contributed by atoms with Gasteiger partial charge in [-0.25, -0.2) is 0 Å². The van der Waals surface area contributed by atoms with Crippen molar-refractivity contribution in [2.24, 2.45) is 0 Å². The van der Waals surface area contributed by atoms with Crippen LogP contribution in [0.15, 0.2) is 0 Å². The maximum Gasteiger partial charge on any atom is 0.0642 e. The molecule has 4 nitrogen and oxygen atoms in total. The molecule has 3 fully saturated rings. The standard InChI is InChI=1S/C22H42N2O2/c1-21(2,3)25-19-8-13-23(14-9-19)17-12-22(4,5)26-20-10-15-24(16-11-20)18-6-7-18/h18-20H,6-17H2,1-5H3. The molecule has 1 aliphatic carbocycles. The van der Waals surface area contributed by atoms with Gasteiger partial charge in [0.05, 0.1) is 23.4 Å². The summed E-state index contributed by atoms with van der Waals surface area (Å²) in [6.07, 6.45) is 9.64. The molecular formula is C22H42N2O2. The highest BCUT2D eigenvalue weighted by Crippen LogP contribution is 2.31. The molecule has 0 aromatic heterocycles. The number of likely N-dealkylation sites (tertiary alicyclic amines) is 2. The molecule has 0 amide bonds. The Morgan fingerprint density at radius 3 is 1.81 bits per heavy atom. The van der Waals surface area contributed by atoms with E-state index in [4.69, 9.17) is 9.47 Å². The first kappa shape index (κ1) is 20.6. The predicted molar refractivity (Wildman–Crippen MR) is 108 cm³/mol. The first-order valence-corrected chi connectivity index (χ1v) is 11.0. The largest absolute Gasteiger partial charge is 0.373 e. The van der Waals surface area contributed by atoms with Gasteiger partial charge in [-0.05, 0) is 79.6 Å². The summed E-state index contributed by atoms with van der Waals surface area (Å²) < 4.78 is 12.7. The Hall–Kier alpha value is -0.160. The van der Waals surface area contributed by atoms with Crippen LogP contribution in [0.4, 0.5) is 0 Å². The van der Waals surface area contributed by atoms with E-state index in [1.54, 1.807) is 0 Å². The fraction of sp³-hybridized carbons (Fsp3) is 1.00. The molecule has 2 heterocycles. The first-order chi connectivity index (χ1) is 12.2. The summed E-state index contributed by atoms with van der Waals surface area (Å²) in [6.45, 7) is 17.0. The van der Waals surface area contributed by atoms with Gasteiger partial charge in [-0.15, -0.1) is 0 Å². The topological polar surface area (TPSA) is 24.9 Å². The van der Waals surface area contributed by atoms with Crippen molar-refractivity contribution >= 4 is 0 Å². The number of ether oxygens (including phenoxy) is 2. The summed E-state index contributed by atoms with van der Waals surface area (Å²) in [5.74, 6) is 0. The van der Waals surface area contributed by atoms with Crippen LogP contribution in [0.25, 0.3) is 0 Å². The molecule has 152 valence electrons. The Labute approximate surface area is 161 Å². The maximum absolute atomic E-state index is 6.53. The molecule has 0 unspecified atom stereocenters. The average molecular weight is 367 g/mol. The zero-order valence-electron chi connectivity index (χ0n) is 17.9. The van der Waals surface area contributed by atoms with Crippen LogP contribution in [0.2, 0.25) is 0 Å². The van der Waals surface area contributed by atoms with Crippen molar-refractivity contribution in [3.63, 3.8) is 0 Å². The van der Waals surface area contributed by atoms with Crippen LogP contribution in [-0.2, 0) is 9.47 Å². The van der Waals surface area contributed by atoms with Crippen LogP contribution in [0.5, 0.6) is 0 Å². The maximum atomic E-state index is 6.53. The molecule has 2 saturated heterocycles. The van der Waals surface area contributed by atoms with Crippen molar-refractivity contribution in [3.05, 3.63) is 0 Å². The lowest BCUT2D eigenvalue weighted by Crippen LogP contribution is -2.44. The van der Waals surface area contributed by atoms with Crippen molar-refractivity contribution in [2.45, 2.75) is 109 Å². The highest BCUT2D eigenvalue weighted by molar-refractivity contribution is 4.88. The van der Waals surface area contributed by atoms with Gasteiger partial charge >= 0.3 is 0 Å². The van der Waals surface area contributed by atoms with Crippen LogP contribution < -0.4 is 0 Å². The Morgan fingerprint density at radius 2 is 1.27 bits per heavy atom. The number of hydrogen-bond donors (Lipinski definition) is 0. The predicted octanol–water partition coefficient (Wildman–Crippen LogP) is 4.08. The molecule has 0 spiro atoms. The smallest absolute Gasteiger partial charge is 0.0642 e. The lowest BCUT2D eigenvalue weighted by Gasteiger charge is -2.39. The molecule has 0 aromatic carbocycles. The Morgan fingerprint density at radius 1 is 0.731 bits per heavy atom. The van der Waals surface area contributed by atoms with Crippen LogP contribution in [0.3, 0.4) is 0 Å². The third kappa shape index (κ3) is 6.78. The highest BCUT2D eigenvalue weighted by Gasteiger charge is 2.34. The quantitative estimate of drug-likeness (QED) is 0.678. The molecule has 0 bridgehead atoms. The first-order valence-electron chi connectivity index (χ1n) is 11.0. The third-order valence-electron chi connectivity index (χ3n) is 6.11. The summed E-state index contributed by atoms with van der Waals surface area (Å²) in [7, 11) is 0. The van der Waals surface area contributed by atoms with E-state index in [1.165, 1.54) is 38.8 Å². The van der Waals surface area contributed by atoms with Gasteiger partial charge in [-0.2, -0.15) is 0 Å². The summed E-state index contributed by atoms with van der Waals surface area (Å²) >= 11 is 0. The van der Waals surface area contributed by atoms with Crippen molar-refractivity contribution in [3.8, 4) is 0 Å². The van der Waals surface area contributed by atoms with Gasteiger partial charge in [0.15, 0.2) is 0 Å². The van der Waals surface area contributed by atoms with Crippen molar-refractivity contribution in [1.82, 2.24) is 9.80 Å². The lowest BCUT2D eigenvalue weighted by molar-refractivity contribution is -0.104.